The van der Waals surface area contributed by atoms with Gasteiger partial charge in [-0.05, 0) is 61.0 Å². The number of halogens is 1. The van der Waals surface area contributed by atoms with Gasteiger partial charge in [0.05, 0.1) is 10.6 Å². The SMILES string of the molecule is Cc1ccc(N2C(=N)S/C(=C\c3ccc(F)cc3)C2=O)c(C)c1. The fourth-order valence-corrected chi connectivity index (χ4v) is 3.33. The smallest absolute Gasteiger partial charge is 0.271 e. The highest BCUT2D eigenvalue weighted by atomic mass is 32.2. The predicted molar refractivity (Wildman–Crippen MR) is 93.1 cm³/mol. The largest absolute Gasteiger partial charge is 0.278 e. The van der Waals surface area contributed by atoms with E-state index in [9.17, 15) is 9.18 Å². The average Bonchev–Trinajstić information content (AvgIpc) is 2.77. The van der Waals surface area contributed by atoms with Crippen LogP contribution in [0, 0.1) is 25.1 Å². The molecular weight excluding hydrogens is 311 g/mol. The Kier molecular flexibility index (Phi) is 4.05. The number of benzene rings is 2. The maximum Gasteiger partial charge on any atom is 0.271 e. The number of carbonyl (C=O) groups excluding carboxylic acids is 1. The third-order valence-corrected chi connectivity index (χ3v) is 4.47. The highest BCUT2D eigenvalue weighted by molar-refractivity contribution is 8.19. The first-order chi connectivity index (χ1) is 11.0. The molecule has 2 aromatic rings. The van der Waals surface area contributed by atoms with Crippen molar-refractivity contribution >= 4 is 34.6 Å². The van der Waals surface area contributed by atoms with Gasteiger partial charge in [-0.25, -0.2) is 4.39 Å². The van der Waals surface area contributed by atoms with Gasteiger partial charge < -0.3 is 0 Å². The van der Waals surface area contributed by atoms with E-state index >= 15 is 0 Å². The van der Waals surface area contributed by atoms with E-state index < -0.39 is 0 Å². The molecule has 3 rings (SSSR count). The Hall–Kier alpha value is -2.40. The maximum absolute atomic E-state index is 13.0. The lowest BCUT2D eigenvalue weighted by molar-refractivity contribution is -0.113. The van der Waals surface area contributed by atoms with Crippen LogP contribution >= 0.6 is 11.8 Å². The molecule has 2 aromatic carbocycles. The quantitative estimate of drug-likeness (QED) is 0.826. The monoisotopic (exact) mass is 326 g/mol. The van der Waals surface area contributed by atoms with Crippen molar-refractivity contribution in [2.45, 2.75) is 13.8 Å². The van der Waals surface area contributed by atoms with E-state index in [4.69, 9.17) is 5.41 Å². The standard InChI is InChI=1S/C18H15FN2OS/c1-11-3-8-15(12(2)9-11)21-17(22)16(23-18(21)20)10-13-4-6-14(19)7-5-13/h3-10,20H,1-2H3/b16-10-,20-18?. The zero-order valence-electron chi connectivity index (χ0n) is 12.8. The third-order valence-electron chi connectivity index (χ3n) is 3.58. The zero-order valence-corrected chi connectivity index (χ0v) is 13.6. The Labute approximate surface area is 138 Å². The fourth-order valence-electron chi connectivity index (χ4n) is 2.47. The number of rotatable bonds is 2. The number of aryl methyl sites for hydroxylation is 2. The minimum atomic E-state index is -0.317. The molecule has 1 N–H and O–H groups in total. The number of nitrogens with zero attached hydrogens (tertiary/aromatic N) is 1. The van der Waals surface area contributed by atoms with E-state index in [0.717, 1.165) is 34.1 Å². The van der Waals surface area contributed by atoms with E-state index in [-0.39, 0.29) is 16.9 Å². The number of hydrogen-bond acceptors (Lipinski definition) is 3. The third kappa shape index (κ3) is 3.05. The molecule has 0 aliphatic carbocycles. The Balaban J connectivity index is 1.95. The lowest BCUT2D eigenvalue weighted by Crippen LogP contribution is -2.28. The van der Waals surface area contributed by atoms with Crippen LogP contribution in [0.1, 0.15) is 16.7 Å². The Bertz CT molecular complexity index is 827. The number of hydrogen-bond donors (Lipinski definition) is 1. The average molecular weight is 326 g/mol. The van der Waals surface area contributed by atoms with Crippen LogP contribution in [0.4, 0.5) is 10.1 Å². The summed E-state index contributed by atoms with van der Waals surface area (Å²) >= 11 is 1.12. The minimum absolute atomic E-state index is 0.176. The second-order valence-corrected chi connectivity index (χ2v) is 6.43. The van der Waals surface area contributed by atoms with Crippen molar-refractivity contribution in [1.29, 1.82) is 5.41 Å². The van der Waals surface area contributed by atoms with Gasteiger partial charge in [-0.1, -0.05) is 29.8 Å². The van der Waals surface area contributed by atoms with E-state index in [1.165, 1.54) is 17.0 Å². The summed E-state index contributed by atoms with van der Waals surface area (Å²) in [5, 5.41) is 8.30. The van der Waals surface area contributed by atoms with Crippen molar-refractivity contribution in [3.63, 3.8) is 0 Å². The molecule has 1 aliphatic rings. The van der Waals surface area contributed by atoms with Gasteiger partial charge in [-0.3, -0.25) is 15.1 Å². The van der Waals surface area contributed by atoms with Crippen molar-refractivity contribution in [3.8, 4) is 0 Å². The summed E-state index contributed by atoms with van der Waals surface area (Å²) < 4.78 is 13.0. The predicted octanol–water partition coefficient (Wildman–Crippen LogP) is 4.50. The molecule has 1 amide bonds. The lowest BCUT2D eigenvalue weighted by atomic mass is 10.1. The van der Waals surface area contributed by atoms with Crippen molar-refractivity contribution in [3.05, 3.63) is 69.9 Å². The zero-order chi connectivity index (χ0) is 16.6. The highest BCUT2D eigenvalue weighted by Crippen LogP contribution is 2.36. The summed E-state index contributed by atoms with van der Waals surface area (Å²) in [5.41, 5.74) is 3.52. The molecule has 3 nitrogen and oxygen atoms in total. The number of amidine groups is 1. The van der Waals surface area contributed by atoms with Gasteiger partial charge in [0.15, 0.2) is 5.17 Å². The van der Waals surface area contributed by atoms with Crippen LogP contribution in [0.5, 0.6) is 0 Å². The molecule has 5 heteroatoms. The molecule has 0 spiro atoms. The van der Waals surface area contributed by atoms with E-state index in [0.29, 0.717) is 4.91 Å². The van der Waals surface area contributed by atoms with Crippen LogP contribution in [-0.4, -0.2) is 11.1 Å². The van der Waals surface area contributed by atoms with Crippen LogP contribution < -0.4 is 4.90 Å². The summed E-state index contributed by atoms with van der Waals surface area (Å²) in [4.78, 5) is 14.5. The minimum Gasteiger partial charge on any atom is -0.278 e. The lowest BCUT2D eigenvalue weighted by Gasteiger charge is -2.17. The molecule has 1 saturated heterocycles. The first-order valence-corrected chi connectivity index (χ1v) is 7.93. The molecule has 0 radical (unpaired) electrons. The molecule has 0 aromatic heterocycles. The molecule has 1 fully saturated rings. The summed E-state index contributed by atoms with van der Waals surface area (Å²) in [7, 11) is 0. The van der Waals surface area contributed by atoms with E-state index in [2.05, 4.69) is 0 Å². The molecule has 0 bridgehead atoms. The molecule has 1 heterocycles. The molecule has 0 unspecified atom stereocenters. The van der Waals surface area contributed by atoms with Crippen LogP contribution in [-0.2, 0) is 4.79 Å². The fraction of sp³-hybridized carbons (Fsp3) is 0.111. The second kappa shape index (κ2) is 6.01. The van der Waals surface area contributed by atoms with Crippen molar-refractivity contribution in [2.24, 2.45) is 0 Å². The maximum atomic E-state index is 13.0. The number of anilines is 1. The Morgan fingerprint density at radius 3 is 2.48 bits per heavy atom. The van der Waals surface area contributed by atoms with Gasteiger partial charge in [-0.2, -0.15) is 0 Å². The topological polar surface area (TPSA) is 44.2 Å². The van der Waals surface area contributed by atoms with E-state index in [1.807, 2.05) is 32.0 Å². The van der Waals surface area contributed by atoms with Crippen LogP contribution in [0.15, 0.2) is 47.4 Å². The molecule has 1 aliphatic heterocycles. The van der Waals surface area contributed by atoms with Gasteiger partial charge in [0.2, 0.25) is 0 Å². The Morgan fingerprint density at radius 2 is 1.83 bits per heavy atom. The molecule has 23 heavy (non-hydrogen) atoms. The van der Waals surface area contributed by atoms with Crippen LogP contribution in [0.2, 0.25) is 0 Å². The van der Waals surface area contributed by atoms with Crippen LogP contribution in [0.3, 0.4) is 0 Å². The second-order valence-electron chi connectivity index (χ2n) is 5.40. The summed E-state index contributed by atoms with van der Waals surface area (Å²) in [6, 6.07) is 11.7. The summed E-state index contributed by atoms with van der Waals surface area (Å²) in [6.07, 6.45) is 1.69. The van der Waals surface area contributed by atoms with Crippen molar-refractivity contribution in [2.75, 3.05) is 4.90 Å². The van der Waals surface area contributed by atoms with Gasteiger partial charge in [0, 0.05) is 0 Å². The number of thioether (sulfide) groups is 1. The Morgan fingerprint density at radius 1 is 1.13 bits per heavy atom. The first-order valence-electron chi connectivity index (χ1n) is 7.11. The number of carbonyl (C=O) groups is 1. The molecule has 116 valence electrons. The number of nitrogens with one attached hydrogen (secondary N) is 1. The summed E-state index contributed by atoms with van der Waals surface area (Å²) in [6.45, 7) is 3.91. The van der Waals surface area contributed by atoms with Gasteiger partial charge >= 0.3 is 0 Å². The highest BCUT2D eigenvalue weighted by Gasteiger charge is 2.34. The van der Waals surface area contributed by atoms with Gasteiger partial charge in [0.1, 0.15) is 5.82 Å². The molecule has 0 saturated carbocycles. The molecular formula is C18H15FN2OS. The molecule has 0 atom stereocenters. The van der Waals surface area contributed by atoms with Gasteiger partial charge in [0.25, 0.3) is 5.91 Å². The number of amides is 1. The van der Waals surface area contributed by atoms with Crippen molar-refractivity contribution in [1.82, 2.24) is 0 Å². The first kappa shape index (κ1) is 15.5. The van der Waals surface area contributed by atoms with Crippen molar-refractivity contribution < 1.29 is 9.18 Å². The summed E-state index contributed by atoms with van der Waals surface area (Å²) in [5.74, 6) is -0.543. The van der Waals surface area contributed by atoms with E-state index in [1.54, 1.807) is 18.2 Å². The van der Waals surface area contributed by atoms with Crippen LogP contribution in [0.25, 0.3) is 6.08 Å². The van der Waals surface area contributed by atoms with Gasteiger partial charge in [-0.15, -0.1) is 0 Å². The normalized spacial score (nSPS) is 16.5.